The normalized spacial score (nSPS) is 10.9. The summed E-state index contributed by atoms with van der Waals surface area (Å²) in [6.45, 7) is 6.80. The molecule has 0 fully saturated rings. The molecule has 0 aliphatic carbocycles. The largest absolute Gasteiger partial charge is 0.497 e. The number of nitrogens with one attached hydrogen (secondary N) is 2. The minimum absolute atomic E-state index is 0.278. The van der Waals surface area contributed by atoms with Gasteiger partial charge in [-0.25, -0.2) is 4.98 Å². The molecule has 4 aromatic rings. The summed E-state index contributed by atoms with van der Waals surface area (Å²) in [6.07, 6.45) is 0. The molecule has 4 rings (SSSR count). The highest BCUT2D eigenvalue weighted by atomic mass is 16.5. The predicted molar refractivity (Wildman–Crippen MR) is 126 cm³/mol. The number of fused-ring (bicyclic) bond motifs is 1. The number of hydrogen-bond acceptors (Lipinski definition) is 8. The zero-order valence-electron chi connectivity index (χ0n) is 19.2. The number of H-pyrrole nitrogens is 1. The van der Waals surface area contributed by atoms with Crippen molar-refractivity contribution in [1.82, 2.24) is 15.1 Å². The van der Waals surface area contributed by atoms with Crippen molar-refractivity contribution in [3.8, 4) is 28.6 Å². The highest BCUT2D eigenvalue weighted by Crippen LogP contribution is 2.31. The van der Waals surface area contributed by atoms with Crippen LogP contribution in [-0.2, 0) is 0 Å². The third kappa shape index (κ3) is 4.62. The summed E-state index contributed by atoms with van der Waals surface area (Å²) in [5.74, 6) is 3.66. The lowest BCUT2D eigenvalue weighted by atomic mass is 10.0. The van der Waals surface area contributed by atoms with E-state index < -0.39 is 0 Å². The molecule has 0 bridgehead atoms. The quantitative estimate of drug-likeness (QED) is 0.387. The van der Waals surface area contributed by atoms with Crippen molar-refractivity contribution in [2.24, 2.45) is 0 Å². The van der Waals surface area contributed by atoms with Crippen LogP contribution in [-0.4, -0.2) is 42.5 Å². The van der Waals surface area contributed by atoms with Crippen LogP contribution < -0.4 is 25.1 Å². The van der Waals surface area contributed by atoms with Crippen molar-refractivity contribution in [2.45, 2.75) is 20.8 Å². The Bertz CT molecular complexity index is 1340. The van der Waals surface area contributed by atoms with Gasteiger partial charge >= 0.3 is 0 Å². The SMILES string of the molecule is COc1cc(OC)c2c(=O)[nH]c(-c3cc(C)c(OCCNc4cc(C)on4)c(C)c3)nc2c1. The van der Waals surface area contributed by atoms with E-state index in [0.29, 0.717) is 47.2 Å². The van der Waals surface area contributed by atoms with E-state index >= 15 is 0 Å². The third-order valence-corrected chi connectivity index (χ3v) is 5.22. The monoisotopic (exact) mass is 450 g/mol. The van der Waals surface area contributed by atoms with Crippen LogP contribution in [0.25, 0.3) is 22.3 Å². The molecule has 2 heterocycles. The first-order valence-electron chi connectivity index (χ1n) is 10.5. The van der Waals surface area contributed by atoms with E-state index in [1.807, 2.05) is 39.0 Å². The second kappa shape index (κ2) is 9.23. The van der Waals surface area contributed by atoms with Crippen molar-refractivity contribution in [3.05, 3.63) is 57.6 Å². The maximum absolute atomic E-state index is 12.8. The number of aromatic nitrogens is 3. The van der Waals surface area contributed by atoms with Crippen LogP contribution in [0.15, 0.2) is 39.6 Å². The molecular formula is C24H26N4O5. The molecule has 33 heavy (non-hydrogen) atoms. The van der Waals surface area contributed by atoms with Crippen LogP contribution in [0.5, 0.6) is 17.2 Å². The fraction of sp³-hybridized carbons (Fsp3) is 0.292. The molecule has 2 aromatic carbocycles. The molecule has 0 saturated carbocycles. The van der Waals surface area contributed by atoms with E-state index in [-0.39, 0.29) is 5.56 Å². The van der Waals surface area contributed by atoms with Gasteiger partial charge in [-0.05, 0) is 44.0 Å². The number of ether oxygens (including phenoxy) is 3. The van der Waals surface area contributed by atoms with Crippen molar-refractivity contribution in [1.29, 1.82) is 0 Å². The van der Waals surface area contributed by atoms with Gasteiger partial charge in [0.1, 0.15) is 40.8 Å². The average molecular weight is 450 g/mol. The molecule has 9 heteroatoms. The van der Waals surface area contributed by atoms with Gasteiger partial charge in [0.2, 0.25) is 0 Å². The molecule has 0 aliphatic rings. The van der Waals surface area contributed by atoms with Crippen molar-refractivity contribution in [3.63, 3.8) is 0 Å². The van der Waals surface area contributed by atoms with E-state index in [1.54, 1.807) is 19.2 Å². The number of methoxy groups -OCH3 is 2. The molecule has 2 N–H and O–H groups in total. The maximum Gasteiger partial charge on any atom is 0.262 e. The summed E-state index contributed by atoms with van der Waals surface area (Å²) in [7, 11) is 3.07. The van der Waals surface area contributed by atoms with Crippen LogP contribution in [0.3, 0.4) is 0 Å². The van der Waals surface area contributed by atoms with Crippen LogP contribution in [0.4, 0.5) is 5.82 Å². The number of anilines is 1. The Kier molecular flexibility index (Phi) is 6.21. The Morgan fingerprint density at radius 1 is 1.03 bits per heavy atom. The van der Waals surface area contributed by atoms with Crippen LogP contribution in [0.2, 0.25) is 0 Å². The standard InChI is InChI=1S/C24H26N4O5/c1-13-8-16(9-14(2)22(13)32-7-6-25-20-10-15(3)33-28-20)23-26-18-11-17(30-4)12-19(31-5)21(18)24(29)27-23/h8-12H,6-7H2,1-5H3,(H,25,28)(H,26,27,29). The third-order valence-electron chi connectivity index (χ3n) is 5.22. The van der Waals surface area contributed by atoms with Gasteiger partial charge < -0.3 is 29.0 Å². The smallest absolute Gasteiger partial charge is 0.262 e. The molecule has 0 radical (unpaired) electrons. The maximum atomic E-state index is 12.8. The minimum atomic E-state index is -0.278. The lowest BCUT2D eigenvalue weighted by molar-refractivity contribution is 0.327. The minimum Gasteiger partial charge on any atom is -0.497 e. The molecule has 0 atom stereocenters. The summed E-state index contributed by atoms with van der Waals surface area (Å²) in [5.41, 5.74) is 2.88. The van der Waals surface area contributed by atoms with E-state index in [1.165, 1.54) is 7.11 Å². The molecule has 9 nitrogen and oxygen atoms in total. The first kappa shape index (κ1) is 22.2. The van der Waals surface area contributed by atoms with Crippen LogP contribution in [0.1, 0.15) is 16.9 Å². The Balaban J connectivity index is 1.58. The Hall–Kier alpha value is -4.01. The van der Waals surface area contributed by atoms with Crippen LogP contribution in [0, 0.1) is 20.8 Å². The van der Waals surface area contributed by atoms with E-state index in [4.69, 9.17) is 18.7 Å². The van der Waals surface area contributed by atoms with E-state index in [9.17, 15) is 4.79 Å². The summed E-state index contributed by atoms with van der Waals surface area (Å²) in [6, 6.07) is 9.10. The summed E-state index contributed by atoms with van der Waals surface area (Å²) in [5, 5.41) is 7.43. The second-order valence-electron chi connectivity index (χ2n) is 7.68. The van der Waals surface area contributed by atoms with Crippen LogP contribution >= 0.6 is 0 Å². The highest BCUT2D eigenvalue weighted by molar-refractivity contribution is 5.87. The van der Waals surface area contributed by atoms with Gasteiger partial charge in [-0.3, -0.25) is 4.79 Å². The average Bonchev–Trinajstić information content (AvgIpc) is 3.21. The Labute approximate surface area is 190 Å². The van der Waals surface area contributed by atoms with Crippen molar-refractivity contribution >= 4 is 16.7 Å². The Morgan fingerprint density at radius 3 is 2.42 bits per heavy atom. The molecular weight excluding hydrogens is 424 g/mol. The summed E-state index contributed by atoms with van der Waals surface area (Å²) in [4.78, 5) is 20.4. The molecule has 172 valence electrons. The van der Waals surface area contributed by atoms with E-state index in [0.717, 1.165) is 28.2 Å². The second-order valence-corrected chi connectivity index (χ2v) is 7.68. The topological polar surface area (TPSA) is 112 Å². The van der Waals surface area contributed by atoms with Gasteiger partial charge in [-0.2, -0.15) is 0 Å². The molecule has 0 spiro atoms. The number of benzene rings is 2. The van der Waals surface area contributed by atoms with Gasteiger partial charge in [0.05, 0.1) is 26.3 Å². The fourth-order valence-corrected chi connectivity index (χ4v) is 3.72. The van der Waals surface area contributed by atoms with Crippen molar-refractivity contribution in [2.75, 3.05) is 32.7 Å². The van der Waals surface area contributed by atoms with Gasteiger partial charge in [0.15, 0.2) is 5.82 Å². The highest BCUT2D eigenvalue weighted by Gasteiger charge is 2.15. The van der Waals surface area contributed by atoms with Gasteiger partial charge in [-0.1, -0.05) is 5.16 Å². The van der Waals surface area contributed by atoms with Gasteiger partial charge in [0, 0.05) is 23.8 Å². The molecule has 0 amide bonds. The number of nitrogens with zero attached hydrogens (tertiary/aromatic N) is 2. The zero-order chi connectivity index (χ0) is 23.5. The summed E-state index contributed by atoms with van der Waals surface area (Å²) >= 11 is 0. The molecule has 2 aromatic heterocycles. The predicted octanol–water partition coefficient (Wildman–Crippen LogP) is 4.01. The van der Waals surface area contributed by atoms with E-state index in [2.05, 4.69) is 20.4 Å². The number of rotatable bonds is 8. The molecule has 0 aliphatic heterocycles. The Morgan fingerprint density at radius 2 is 1.79 bits per heavy atom. The van der Waals surface area contributed by atoms with Crippen molar-refractivity contribution < 1.29 is 18.7 Å². The molecule has 0 unspecified atom stereocenters. The lowest BCUT2D eigenvalue weighted by Gasteiger charge is -2.15. The van der Waals surface area contributed by atoms with Gasteiger partial charge in [0.25, 0.3) is 5.56 Å². The fourth-order valence-electron chi connectivity index (χ4n) is 3.72. The number of hydrogen-bond donors (Lipinski definition) is 2. The van der Waals surface area contributed by atoms with Gasteiger partial charge in [-0.15, -0.1) is 0 Å². The first-order chi connectivity index (χ1) is 15.9. The molecule has 0 saturated heterocycles. The zero-order valence-corrected chi connectivity index (χ0v) is 19.2. The summed E-state index contributed by atoms with van der Waals surface area (Å²) < 4.78 is 21.7. The first-order valence-corrected chi connectivity index (χ1v) is 10.5. The lowest BCUT2D eigenvalue weighted by Crippen LogP contribution is -2.13. The number of aryl methyl sites for hydroxylation is 3. The number of aromatic amines is 1.